The summed E-state index contributed by atoms with van der Waals surface area (Å²) in [5, 5.41) is 8.82. The highest BCUT2D eigenvalue weighted by Crippen LogP contribution is 2.31. The first-order valence-corrected chi connectivity index (χ1v) is 5.62. The van der Waals surface area contributed by atoms with Crippen LogP contribution in [0.25, 0.3) is 0 Å². The molecule has 0 unspecified atom stereocenters. The van der Waals surface area contributed by atoms with Crippen molar-refractivity contribution in [2.45, 2.75) is 13.1 Å². The molecule has 1 aromatic heterocycles. The monoisotopic (exact) mass is 278 g/mol. The van der Waals surface area contributed by atoms with Crippen molar-refractivity contribution >= 4 is 0 Å². The third-order valence-electron chi connectivity index (χ3n) is 2.46. The zero-order valence-corrected chi connectivity index (χ0v) is 10.4. The van der Waals surface area contributed by atoms with Gasteiger partial charge in [-0.15, -0.1) is 0 Å². The van der Waals surface area contributed by atoms with E-state index in [1.165, 1.54) is 18.2 Å². The average molecular weight is 278 g/mol. The summed E-state index contributed by atoms with van der Waals surface area (Å²) in [7, 11) is 0. The molecule has 0 N–H and O–H groups in total. The molecule has 1 heterocycles. The molecule has 1 aromatic carbocycles. The lowest BCUT2D eigenvalue weighted by molar-refractivity contribution is -0.137. The van der Waals surface area contributed by atoms with Crippen LogP contribution in [0, 0.1) is 18.3 Å². The quantitative estimate of drug-likeness (QED) is 0.831. The van der Waals surface area contributed by atoms with Crippen LogP contribution in [0.4, 0.5) is 13.2 Å². The number of nitrogens with zero attached hydrogens (tertiary/aromatic N) is 2. The van der Waals surface area contributed by atoms with Crippen LogP contribution in [-0.4, -0.2) is 4.98 Å². The van der Waals surface area contributed by atoms with Gasteiger partial charge in [-0.05, 0) is 37.3 Å². The maximum absolute atomic E-state index is 12.4. The lowest BCUT2D eigenvalue weighted by Gasteiger charge is -2.09. The molecular weight excluding hydrogens is 269 g/mol. The molecule has 6 heteroatoms. The summed E-state index contributed by atoms with van der Waals surface area (Å²) in [6.45, 7) is 1.69. The summed E-state index contributed by atoms with van der Waals surface area (Å²) >= 11 is 0. The van der Waals surface area contributed by atoms with Gasteiger partial charge in [0.2, 0.25) is 5.88 Å². The van der Waals surface area contributed by atoms with E-state index in [1.807, 2.05) is 6.07 Å². The van der Waals surface area contributed by atoms with Crippen LogP contribution < -0.4 is 4.74 Å². The van der Waals surface area contributed by atoms with Crippen molar-refractivity contribution in [2.24, 2.45) is 0 Å². The van der Waals surface area contributed by atoms with Crippen LogP contribution in [0.2, 0.25) is 0 Å². The molecule has 2 rings (SSSR count). The number of alkyl halides is 3. The lowest BCUT2D eigenvalue weighted by Crippen LogP contribution is -2.04. The van der Waals surface area contributed by atoms with Crippen LogP contribution in [0.1, 0.15) is 16.8 Å². The number of halogens is 3. The van der Waals surface area contributed by atoms with Crippen molar-refractivity contribution in [2.75, 3.05) is 0 Å². The first-order valence-electron chi connectivity index (χ1n) is 5.62. The second-order valence-electron chi connectivity index (χ2n) is 4.07. The number of benzene rings is 1. The minimum atomic E-state index is -4.38. The van der Waals surface area contributed by atoms with Crippen LogP contribution in [0.5, 0.6) is 11.6 Å². The van der Waals surface area contributed by atoms with E-state index in [1.54, 1.807) is 13.0 Å². The Morgan fingerprint density at radius 3 is 2.35 bits per heavy atom. The Kier molecular flexibility index (Phi) is 3.61. The second kappa shape index (κ2) is 5.21. The minimum absolute atomic E-state index is 0.168. The third-order valence-corrected chi connectivity index (χ3v) is 2.46. The standard InChI is InChI=1S/C14H9F3N2O/c1-9-6-10(8-18)7-13(19-9)20-12-4-2-11(3-5-12)14(15,16)17/h2-7H,1H3. The molecule has 0 radical (unpaired) electrons. The van der Waals surface area contributed by atoms with Crippen LogP contribution in [-0.2, 0) is 6.18 Å². The summed E-state index contributed by atoms with van der Waals surface area (Å²) in [6, 6.07) is 9.23. The fourth-order valence-electron chi connectivity index (χ4n) is 1.59. The van der Waals surface area contributed by atoms with Gasteiger partial charge in [0.15, 0.2) is 0 Å². The van der Waals surface area contributed by atoms with Gasteiger partial charge in [-0.25, -0.2) is 4.98 Å². The van der Waals surface area contributed by atoms with Gasteiger partial charge in [-0.2, -0.15) is 18.4 Å². The van der Waals surface area contributed by atoms with Crippen molar-refractivity contribution in [3.63, 3.8) is 0 Å². The van der Waals surface area contributed by atoms with E-state index in [0.29, 0.717) is 11.3 Å². The maximum atomic E-state index is 12.4. The van der Waals surface area contributed by atoms with Gasteiger partial charge in [0.25, 0.3) is 0 Å². The molecule has 0 aliphatic carbocycles. The zero-order chi connectivity index (χ0) is 14.8. The zero-order valence-electron chi connectivity index (χ0n) is 10.4. The van der Waals surface area contributed by atoms with Gasteiger partial charge in [-0.1, -0.05) is 0 Å². The highest BCUT2D eigenvalue weighted by molar-refractivity contribution is 5.37. The molecule has 2 aromatic rings. The Bertz CT molecular complexity index is 658. The van der Waals surface area contributed by atoms with Gasteiger partial charge in [0, 0.05) is 11.8 Å². The van der Waals surface area contributed by atoms with Crippen molar-refractivity contribution in [1.29, 1.82) is 5.26 Å². The van der Waals surface area contributed by atoms with E-state index < -0.39 is 11.7 Å². The number of hydrogen-bond acceptors (Lipinski definition) is 3. The Balaban J connectivity index is 2.23. The third kappa shape index (κ3) is 3.26. The average Bonchev–Trinajstić information content (AvgIpc) is 2.37. The summed E-state index contributed by atoms with van der Waals surface area (Å²) < 4.78 is 42.6. The van der Waals surface area contributed by atoms with Gasteiger partial charge < -0.3 is 4.74 Å². The van der Waals surface area contributed by atoms with E-state index in [2.05, 4.69) is 4.98 Å². The molecular formula is C14H9F3N2O. The second-order valence-corrected chi connectivity index (χ2v) is 4.07. The van der Waals surface area contributed by atoms with Crippen molar-refractivity contribution in [3.8, 4) is 17.7 Å². The number of aryl methyl sites for hydroxylation is 1. The molecule has 0 saturated heterocycles. The largest absolute Gasteiger partial charge is 0.439 e. The van der Waals surface area contributed by atoms with Gasteiger partial charge >= 0.3 is 6.18 Å². The molecule has 3 nitrogen and oxygen atoms in total. The molecule has 20 heavy (non-hydrogen) atoms. The smallest absolute Gasteiger partial charge is 0.416 e. The Morgan fingerprint density at radius 2 is 1.80 bits per heavy atom. The predicted octanol–water partition coefficient (Wildman–Crippen LogP) is 4.07. The predicted molar refractivity (Wildman–Crippen MR) is 65.2 cm³/mol. The van der Waals surface area contributed by atoms with Crippen molar-refractivity contribution < 1.29 is 17.9 Å². The van der Waals surface area contributed by atoms with Crippen molar-refractivity contribution in [1.82, 2.24) is 4.98 Å². The van der Waals surface area contributed by atoms with E-state index in [4.69, 9.17) is 10.00 Å². The van der Waals surface area contributed by atoms with Crippen LogP contribution in [0.3, 0.4) is 0 Å². The molecule has 0 aliphatic rings. The number of rotatable bonds is 2. The minimum Gasteiger partial charge on any atom is -0.439 e. The number of pyridine rings is 1. The highest BCUT2D eigenvalue weighted by Gasteiger charge is 2.30. The summed E-state index contributed by atoms with van der Waals surface area (Å²) in [6.07, 6.45) is -4.38. The van der Waals surface area contributed by atoms with E-state index in [0.717, 1.165) is 12.1 Å². The molecule has 0 saturated carbocycles. The first kappa shape index (κ1) is 13.9. The number of hydrogen-bond donors (Lipinski definition) is 0. The number of nitriles is 1. The fraction of sp³-hybridized carbons (Fsp3) is 0.143. The molecule has 0 fully saturated rings. The molecule has 102 valence electrons. The molecule has 0 bridgehead atoms. The maximum Gasteiger partial charge on any atom is 0.416 e. The summed E-state index contributed by atoms with van der Waals surface area (Å²) in [5.74, 6) is 0.390. The van der Waals surface area contributed by atoms with Crippen LogP contribution in [0.15, 0.2) is 36.4 Å². The van der Waals surface area contributed by atoms with E-state index in [9.17, 15) is 13.2 Å². The molecule has 0 aliphatic heterocycles. The molecule has 0 atom stereocenters. The molecule has 0 amide bonds. The SMILES string of the molecule is Cc1cc(C#N)cc(Oc2ccc(C(F)(F)F)cc2)n1. The highest BCUT2D eigenvalue weighted by atomic mass is 19.4. The van der Waals surface area contributed by atoms with Crippen molar-refractivity contribution in [3.05, 3.63) is 53.2 Å². The fourth-order valence-corrected chi connectivity index (χ4v) is 1.59. The first-order chi connectivity index (χ1) is 9.38. The van der Waals surface area contributed by atoms with E-state index in [-0.39, 0.29) is 11.6 Å². The molecule has 0 spiro atoms. The topological polar surface area (TPSA) is 45.9 Å². The summed E-state index contributed by atoms with van der Waals surface area (Å²) in [4.78, 5) is 4.05. The number of ether oxygens (including phenoxy) is 1. The Morgan fingerprint density at radius 1 is 1.15 bits per heavy atom. The normalized spacial score (nSPS) is 10.9. The van der Waals surface area contributed by atoms with E-state index >= 15 is 0 Å². The Hall–Kier alpha value is -2.55. The van der Waals surface area contributed by atoms with Gasteiger partial charge in [0.1, 0.15) is 5.75 Å². The number of aromatic nitrogens is 1. The lowest BCUT2D eigenvalue weighted by atomic mass is 10.2. The Labute approximate surface area is 113 Å². The summed E-state index contributed by atoms with van der Waals surface area (Å²) in [5.41, 5.74) is 0.213. The van der Waals surface area contributed by atoms with Gasteiger partial charge in [-0.3, -0.25) is 0 Å². The van der Waals surface area contributed by atoms with Gasteiger partial charge in [0.05, 0.1) is 17.2 Å². The van der Waals surface area contributed by atoms with Crippen LogP contribution >= 0.6 is 0 Å².